The molecule has 1 aliphatic rings. The average molecular weight is 480 g/mol. The largest absolute Gasteiger partial charge is 0.489 e. The van der Waals surface area contributed by atoms with Gasteiger partial charge in [-0.1, -0.05) is 29.3 Å². The Hall–Kier alpha value is -1.90. The number of halogens is 2. The van der Waals surface area contributed by atoms with E-state index in [1.807, 2.05) is 18.2 Å². The van der Waals surface area contributed by atoms with Gasteiger partial charge in [-0.05, 0) is 61.6 Å². The van der Waals surface area contributed by atoms with Crippen LogP contribution in [0.1, 0.15) is 31.2 Å². The first kappa shape index (κ1) is 22.3. The van der Waals surface area contributed by atoms with E-state index in [-0.39, 0.29) is 16.0 Å². The molecule has 0 atom stereocenters. The van der Waals surface area contributed by atoms with Gasteiger partial charge in [-0.25, -0.2) is 13.6 Å². The lowest BCUT2D eigenvalue weighted by Crippen LogP contribution is -2.36. The maximum atomic E-state index is 11.6. The summed E-state index contributed by atoms with van der Waals surface area (Å²) in [6, 6.07) is 11.0. The molecule has 0 aliphatic heterocycles. The molecule has 1 saturated carbocycles. The first-order valence-electron chi connectivity index (χ1n) is 10.0. The van der Waals surface area contributed by atoms with Crippen molar-refractivity contribution < 1.29 is 13.2 Å². The standard InChI is InChI=1S/C22H23Cl2N3O3S/c23-19-7-1-14(11-21(19)31(25,28)29)12-27-16-3-5-17(6-4-16)30-20-8-2-15-13-26-10-9-18(15)22(20)24/h1-2,7-11,13,16-17,27H,3-6,12H2,(H2,25,28,29)/t16-,17+. The third kappa shape index (κ3) is 5.30. The van der Waals surface area contributed by atoms with Crippen molar-refractivity contribution in [3.63, 3.8) is 0 Å². The maximum absolute atomic E-state index is 11.6. The van der Waals surface area contributed by atoms with E-state index in [2.05, 4.69) is 10.3 Å². The minimum absolute atomic E-state index is 0.0476. The summed E-state index contributed by atoms with van der Waals surface area (Å²) in [6.45, 7) is 0.542. The topological polar surface area (TPSA) is 94.3 Å². The van der Waals surface area contributed by atoms with Crippen LogP contribution in [0.25, 0.3) is 10.8 Å². The fourth-order valence-corrected chi connectivity index (χ4v) is 5.28. The van der Waals surface area contributed by atoms with Gasteiger partial charge in [0.25, 0.3) is 0 Å². The third-order valence-electron chi connectivity index (χ3n) is 5.58. The van der Waals surface area contributed by atoms with Gasteiger partial charge in [0.05, 0.1) is 16.1 Å². The molecule has 0 spiro atoms. The minimum atomic E-state index is -3.84. The number of nitrogens with two attached hydrogens (primary N) is 1. The van der Waals surface area contributed by atoms with Crippen LogP contribution in [0.4, 0.5) is 0 Å². The molecule has 1 aliphatic carbocycles. The normalized spacial score (nSPS) is 19.5. The molecule has 4 rings (SSSR count). The number of rotatable bonds is 6. The molecule has 6 nitrogen and oxygen atoms in total. The highest BCUT2D eigenvalue weighted by Gasteiger charge is 2.23. The fraction of sp³-hybridized carbons (Fsp3) is 0.318. The van der Waals surface area contributed by atoms with Crippen LogP contribution in [0.3, 0.4) is 0 Å². The number of nitrogens with zero attached hydrogens (tertiary/aromatic N) is 1. The summed E-state index contributed by atoms with van der Waals surface area (Å²) in [5.74, 6) is 0.702. The molecular weight excluding hydrogens is 457 g/mol. The van der Waals surface area contributed by atoms with Crippen LogP contribution in [0, 0.1) is 0 Å². The Kier molecular flexibility index (Phi) is 6.69. The Morgan fingerprint density at radius 3 is 2.61 bits per heavy atom. The smallest absolute Gasteiger partial charge is 0.239 e. The molecule has 164 valence electrons. The number of sulfonamides is 1. The highest BCUT2D eigenvalue weighted by Crippen LogP contribution is 2.34. The second-order valence-corrected chi connectivity index (χ2v) is 10.1. The van der Waals surface area contributed by atoms with Crippen molar-refractivity contribution in [2.45, 2.75) is 49.3 Å². The number of nitrogens with one attached hydrogen (secondary N) is 1. The third-order valence-corrected chi connectivity index (χ3v) is 7.37. The zero-order valence-electron chi connectivity index (χ0n) is 16.7. The number of hydrogen-bond donors (Lipinski definition) is 2. The molecule has 3 aromatic rings. The Morgan fingerprint density at radius 1 is 1.10 bits per heavy atom. The molecule has 31 heavy (non-hydrogen) atoms. The molecule has 0 bridgehead atoms. The van der Waals surface area contributed by atoms with Crippen LogP contribution in [-0.4, -0.2) is 25.5 Å². The highest BCUT2D eigenvalue weighted by atomic mass is 35.5. The van der Waals surface area contributed by atoms with Crippen molar-refractivity contribution >= 4 is 44.0 Å². The molecular formula is C22H23Cl2N3O3S. The summed E-state index contributed by atoms with van der Waals surface area (Å²) >= 11 is 12.5. The van der Waals surface area contributed by atoms with Crippen molar-refractivity contribution in [2.24, 2.45) is 5.14 Å². The van der Waals surface area contributed by atoms with Crippen LogP contribution in [0.5, 0.6) is 5.75 Å². The van der Waals surface area contributed by atoms with E-state index in [4.69, 9.17) is 33.1 Å². The molecule has 1 fully saturated rings. The van der Waals surface area contributed by atoms with E-state index in [0.29, 0.717) is 23.4 Å². The summed E-state index contributed by atoms with van der Waals surface area (Å²) in [5, 5.41) is 11.4. The monoisotopic (exact) mass is 479 g/mol. The van der Waals surface area contributed by atoms with E-state index < -0.39 is 10.0 Å². The number of primary sulfonamides is 1. The van der Waals surface area contributed by atoms with Crippen molar-refractivity contribution in [3.8, 4) is 5.75 Å². The Morgan fingerprint density at radius 2 is 1.87 bits per heavy atom. The maximum Gasteiger partial charge on any atom is 0.239 e. The number of aromatic nitrogens is 1. The van der Waals surface area contributed by atoms with E-state index in [9.17, 15) is 8.42 Å². The quantitative estimate of drug-likeness (QED) is 0.535. The zero-order valence-corrected chi connectivity index (χ0v) is 19.1. The van der Waals surface area contributed by atoms with Crippen LogP contribution in [0.15, 0.2) is 53.7 Å². The summed E-state index contributed by atoms with van der Waals surface area (Å²) in [6.07, 6.45) is 7.34. The number of hydrogen-bond acceptors (Lipinski definition) is 5. The van der Waals surface area contributed by atoms with Crippen molar-refractivity contribution in [1.29, 1.82) is 0 Å². The fourth-order valence-electron chi connectivity index (χ4n) is 3.90. The molecule has 1 aromatic heterocycles. The molecule has 1 heterocycles. The first-order chi connectivity index (χ1) is 14.8. The SMILES string of the molecule is NS(=O)(=O)c1cc(CN[C@H]2CC[C@@H](Oc3ccc4cnccc4c3Cl)CC2)ccc1Cl. The lowest BCUT2D eigenvalue weighted by Gasteiger charge is -2.30. The first-order valence-corrected chi connectivity index (χ1v) is 12.3. The zero-order chi connectivity index (χ0) is 22.0. The summed E-state index contributed by atoms with van der Waals surface area (Å²) in [5.41, 5.74) is 0.823. The van der Waals surface area contributed by atoms with E-state index in [0.717, 1.165) is 42.0 Å². The minimum Gasteiger partial charge on any atom is -0.489 e. The number of ether oxygens (including phenoxy) is 1. The van der Waals surface area contributed by atoms with Gasteiger partial charge in [-0.15, -0.1) is 0 Å². The van der Waals surface area contributed by atoms with Gasteiger partial charge in [0, 0.05) is 35.8 Å². The lowest BCUT2D eigenvalue weighted by molar-refractivity contribution is 0.139. The van der Waals surface area contributed by atoms with Crippen LogP contribution in [0.2, 0.25) is 10.0 Å². The predicted octanol–water partition coefficient (Wildman–Crippen LogP) is 4.67. The Balaban J connectivity index is 1.32. The summed E-state index contributed by atoms with van der Waals surface area (Å²) in [7, 11) is -3.84. The number of benzene rings is 2. The number of pyridine rings is 1. The van der Waals surface area contributed by atoms with Gasteiger partial charge >= 0.3 is 0 Å². The lowest BCUT2D eigenvalue weighted by atomic mass is 9.92. The van der Waals surface area contributed by atoms with Crippen LogP contribution in [-0.2, 0) is 16.6 Å². The molecule has 0 radical (unpaired) electrons. The van der Waals surface area contributed by atoms with E-state index in [1.54, 1.807) is 24.5 Å². The number of fused-ring (bicyclic) bond motifs is 1. The summed E-state index contributed by atoms with van der Waals surface area (Å²) in [4.78, 5) is 4.07. The molecule has 3 N–H and O–H groups in total. The van der Waals surface area contributed by atoms with E-state index >= 15 is 0 Å². The average Bonchev–Trinajstić information content (AvgIpc) is 2.75. The van der Waals surface area contributed by atoms with Gasteiger partial charge in [-0.2, -0.15) is 0 Å². The molecule has 0 amide bonds. The van der Waals surface area contributed by atoms with Gasteiger partial charge in [-0.3, -0.25) is 4.98 Å². The van der Waals surface area contributed by atoms with Crippen molar-refractivity contribution in [2.75, 3.05) is 0 Å². The van der Waals surface area contributed by atoms with Crippen LogP contribution < -0.4 is 15.2 Å². The Labute approximate surface area is 191 Å². The second kappa shape index (κ2) is 9.30. The molecule has 0 saturated heterocycles. The van der Waals surface area contributed by atoms with Crippen molar-refractivity contribution in [3.05, 3.63) is 64.4 Å². The van der Waals surface area contributed by atoms with E-state index in [1.165, 1.54) is 6.07 Å². The van der Waals surface area contributed by atoms with Crippen LogP contribution >= 0.6 is 23.2 Å². The van der Waals surface area contributed by atoms with Gasteiger partial charge in [0.15, 0.2) is 0 Å². The molecule has 9 heteroatoms. The highest BCUT2D eigenvalue weighted by molar-refractivity contribution is 7.89. The molecule has 0 unspecified atom stereocenters. The van der Waals surface area contributed by atoms with Gasteiger partial charge in [0.2, 0.25) is 10.0 Å². The second-order valence-electron chi connectivity index (χ2n) is 7.76. The predicted molar refractivity (Wildman–Crippen MR) is 123 cm³/mol. The van der Waals surface area contributed by atoms with Gasteiger partial charge < -0.3 is 10.1 Å². The Bertz CT molecular complexity index is 1200. The van der Waals surface area contributed by atoms with Crippen molar-refractivity contribution in [1.82, 2.24) is 10.3 Å². The van der Waals surface area contributed by atoms with Gasteiger partial charge in [0.1, 0.15) is 10.6 Å². The summed E-state index contributed by atoms with van der Waals surface area (Å²) < 4.78 is 29.5. The molecule has 2 aromatic carbocycles.